The van der Waals surface area contributed by atoms with E-state index >= 15 is 0 Å². The molecule has 5 rings (SSSR count). The van der Waals surface area contributed by atoms with Gasteiger partial charge in [-0.05, 0) is 39.0 Å². The minimum atomic E-state index is -3.89. The molecule has 1 aliphatic rings. The lowest BCUT2D eigenvalue weighted by Crippen LogP contribution is -2.52. The lowest BCUT2D eigenvalue weighted by atomic mass is 10.1. The van der Waals surface area contributed by atoms with Gasteiger partial charge in [0.25, 0.3) is 0 Å². The molecule has 0 bridgehead atoms. The van der Waals surface area contributed by atoms with Gasteiger partial charge in [0.05, 0.1) is 22.7 Å². The molecule has 9 nitrogen and oxygen atoms in total. The Morgan fingerprint density at radius 3 is 2.56 bits per heavy atom. The molecule has 1 fully saturated rings. The highest BCUT2D eigenvalue weighted by atomic mass is 32.2. The van der Waals surface area contributed by atoms with Gasteiger partial charge in [-0.3, -0.25) is 0 Å². The van der Waals surface area contributed by atoms with Crippen molar-refractivity contribution in [2.75, 3.05) is 13.1 Å². The summed E-state index contributed by atoms with van der Waals surface area (Å²) >= 11 is 0. The molecule has 4 heterocycles. The monoisotopic (exact) mass is 453 g/mol. The summed E-state index contributed by atoms with van der Waals surface area (Å²) in [6.07, 6.45) is 2.91. The quantitative estimate of drug-likeness (QED) is 0.508. The highest BCUT2D eigenvalue weighted by Crippen LogP contribution is 2.35. The van der Waals surface area contributed by atoms with Crippen LogP contribution >= 0.6 is 0 Å². The van der Waals surface area contributed by atoms with Crippen molar-refractivity contribution in [1.29, 1.82) is 0 Å². The van der Waals surface area contributed by atoms with Gasteiger partial charge in [-0.25, -0.2) is 23.2 Å². The van der Waals surface area contributed by atoms with Gasteiger partial charge in [-0.15, -0.1) is 0 Å². The van der Waals surface area contributed by atoms with E-state index in [1.165, 1.54) is 0 Å². The zero-order valence-electron chi connectivity index (χ0n) is 17.9. The van der Waals surface area contributed by atoms with E-state index in [2.05, 4.69) is 15.0 Å². The third kappa shape index (κ3) is 3.31. The number of ether oxygens (including phenoxy) is 1. The standard InChI is InChI=1S/C22H23N5O4S/c1-22(2,3)31-21(28)26-12-14(13-26)27-18-16-9-10-23-19(16)24-11-17(18)25-20(27)32(29,30)15-7-5-4-6-8-15/h4-11,14H,12-13H2,1-3H3,(H,23,24). The van der Waals surface area contributed by atoms with Crippen LogP contribution in [-0.4, -0.2) is 57.6 Å². The summed E-state index contributed by atoms with van der Waals surface area (Å²) in [5, 5.41) is 0.725. The molecule has 1 aromatic carbocycles. The summed E-state index contributed by atoms with van der Waals surface area (Å²) in [7, 11) is -3.89. The van der Waals surface area contributed by atoms with Crippen LogP contribution < -0.4 is 0 Å². The maximum atomic E-state index is 13.5. The Labute approximate surface area is 184 Å². The van der Waals surface area contributed by atoms with Crippen molar-refractivity contribution in [3.05, 3.63) is 48.8 Å². The number of sulfone groups is 1. The first-order valence-electron chi connectivity index (χ1n) is 10.3. The number of hydrogen-bond donors (Lipinski definition) is 1. The molecule has 0 atom stereocenters. The first kappa shape index (κ1) is 20.5. The molecule has 1 N–H and O–H groups in total. The number of imidazole rings is 1. The van der Waals surface area contributed by atoms with Gasteiger partial charge in [-0.2, -0.15) is 0 Å². The molecule has 3 aromatic heterocycles. The second-order valence-corrected chi connectivity index (χ2v) is 10.7. The van der Waals surface area contributed by atoms with Crippen LogP contribution in [0.2, 0.25) is 0 Å². The number of aromatic amines is 1. The Kier molecular flexibility index (Phi) is 4.52. The number of H-pyrrole nitrogens is 1. The van der Waals surface area contributed by atoms with Crippen molar-refractivity contribution in [3.8, 4) is 0 Å². The second kappa shape index (κ2) is 7.06. The molecule has 32 heavy (non-hydrogen) atoms. The van der Waals surface area contributed by atoms with Crippen LogP contribution in [-0.2, 0) is 14.6 Å². The van der Waals surface area contributed by atoms with Crippen LogP contribution in [0.15, 0.2) is 58.8 Å². The van der Waals surface area contributed by atoms with Crippen molar-refractivity contribution in [2.45, 2.75) is 42.5 Å². The van der Waals surface area contributed by atoms with Crippen molar-refractivity contribution >= 4 is 38.0 Å². The Balaban J connectivity index is 1.62. The molecule has 4 aromatic rings. The minimum absolute atomic E-state index is 0.0527. The number of carbonyl (C=O) groups is 1. The van der Waals surface area contributed by atoms with Crippen LogP contribution in [0.5, 0.6) is 0 Å². The number of benzene rings is 1. The SMILES string of the molecule is CC(C)(C)OC(=O)N1CC(n2c(S(=O)(=O)c3ccccc3)nc3cnc4[nH]ccc4c32)C1. The zero-order chi connectivity index (χ0) is 22.7. The van der Waals surface area contributed by atoms with E-state index in [-0.39, 0.29) is 16.1 Å². The van der Waals surface area contributed by atoms with Gasteiger partial charge < -0.3 is 19.2 Å². The van der Waals surface area contributed by atoms with E-state index in [4.69, 9.17) is 4.74 Å². The average molecular weight is 454 g/mol. The number of hydrogen-bond acceptors (Lipinski definition) is 6. The molecular weight excluding hydrogens is 430 g/mol. The van der Waals surface area contributed by atoms with Crippen LogP contribution in [0.3, 0.4) is 0 Å². The number of likely N-dealkylation sites (tertiary alicyclic amines) is 1. The van der Waals surface area contributed by atoms with Crippen LogP contribution in [0.4, 0.5) is 4.79 Å². The molecule has 0 spiro atoms. The normalized spacial score (nSPS) is 15.3. The topological polar surface area (TPSA) is 110 Å². The van der Waals surface area contributed by atoms with Crippen LogP contribution in [0.1, 0.15) is 26.8 Å². The lowest BCUT2D eigenvalue weighted by Gasteiger charge is -2.41. The number of pyridine rings is 1. The number of nitrogens with one attached hydrogen (secondary N) is 1. The molecule has 0 radical (unpaired) electrons. The summed E-state index contributed by atoms with van der Waals surface area (Å²) in [6.45, 7) is 6.08. The molecule has 1 aliphatic heterocycles. The van der Waals surface area contributed by atoms with E-state index in [0.717, 1.165) is 5.39 Å². The second-order valence-electron chi connectivity index (χ2n) is 8.85. The predicted molar refractivity (Wildman–Crippen MR) is 118 cm³/mol. The number of fused-ring (bicyclic) bond motifs is 3. The number of rotatable bonds is 3. The molecule has 166 valence electrons. The molecule has 0 unspecified atom stereocenters. The Hall–Kier alpha value is -3.40. The summed E-state index contributed by atoms with van der Waals surface area (Å²) in [5.41, 5.74) is 1.21. The molecule has 1 saturated heterocycles. The lowest BCUT2D eigenvalue weighted by molar-refractivity contribution is 0.000570. The van der Waals surface area contributed by atoms with E-state index < -0.39 is 21.5 Å². The van der Waals surface area contributed by atoms with Crippen LogP contribution in [0, 0.1) is 0 Å². The van der Waals surface area contributed by atoms with E-state index in [1.807, 2.05) is 26.8 Å². The molecule has 10 heteroatoms. The largest absolute Gasteiger partial charge is 0.444 e. The fourth-order valence-electron chi connectivity index (χ4n) is 3.90. The van der Waals surface area contributed by atoms with E-state index in [1.54, 1.807) is 52.2 Å². The van der Waals surface area contributed by atoms with E-state index in [0.29, 0.717) is 29.8 Å². The van der Waals surface area contributed by atoms with Crippen molar-refractivity contribution in [2.24, 2.45) is 0 Å². The average Bonchev–Trinajstić information content (AvgIpc) is 3.31. The zero-order valence-corrected chi connectivity index (χ0v) is 18.8. The van der Waals surface area contributed by atoms with E-state index in [9.17, 15) is 13.2 Å². The smallest absolute Gasteiger partial charge is 0.410 e. The summed E-state index contributed by atoms with van der Waals surface area (Å²) < 4.78 is 34.2. The van der Waals surface area contributed by atoms with Gasteiger partial charge in [0.2, 0.25) is 15.0 Å². The molecule has 1 amide bonds. The highest BCUT2D eigenvalue weighted by Gasteiger charge is 2.39. The third-order valence-electron chi connectivity index (χ3n) is 5.37. The van der Waals surface area contributed by atoms with Gasteiger partial charge in [0.1, 0.15) is 16.8 Å². The number of aromatic nitrogens is 4. The Morgan fingerprint density at radius 2 is 1.88 bits per heavy atom. The first-order valence-corrected chi connectivity index (χ1v) is 11.8. The van der Waals surface area contributed by atoms with Gasteiger partial charge >= 0.3 is 6.09 Å². The summed E-state index contributed by atoms with van der Waals surface area (Å²) in [5.74, 6) is 0. The molecular formula is C22H23N5O4S. The fraction of sp³-hybridized carbons (Fsp3) is 0.318. The molecule has 0 aliphatic carbocycles. The Bertz CT molecular complexity index is 1430. The molecule has 0 saturated carbocycles. The van der Waals surface area contributed by atoms with Gasteiger partial charge in [0, 0.05) is 24.7 Å². The first-order chi connectivity index (χ1) is 15.1. The van der Waals surface area contributed by atoms with Crippen LogP contribution in [0.25, 0.3) is 22.1 Å². The van der Waals surface area contributed by atoms with Gasteiger partial charge in [0.15, 0.2) is 0 Å². The third-order valence-corrected chi connectivity index (χ3v) is 7.04. The Morgan fingerprint density at radius 1 is 1.16 bits per heavy atom. The summed E-state index contributed by atoms with van der Waals surface area (Å²) in [4.78, 5) is 26.1. The minimum Gasteiger partial charge on any atom is -0.444 e. The maximum absolute atomic E-state index is 13.5. The van der Waals surface area contributed by atoms with Gasteiger partial charge in [-0.1, -0.05) is 18.2 Å². The van der Waals surface area contributed by atoms with Crippen molar-refractivity contribution < 1.29 is 17.9 Å². The van der Waals surface area contributed by atoms with Crippen molar-refractivity contribution in [1.82, 2.24) is 24.4 Å². The maximum Gasteiger partial charge on any atom is 0.410 e. The predicted octanol–water partition coefficient (Wildman–Crippen LogP) is 3.54. The number of carbonyl (C=O) groups excluding carboxylic acids is 1. The summed E-state index contributed by atoms with van der Waals surface area (Å²) in [6, 6.07) is 9.82. The number of amides is 1. The highest BCUT2D eigenvalue weighted by molar-refractivity contribution is 7.91. The number of nitrogens with zero attached hydrogens (tertiary/aromatic N) is 4. The van der Waals surface area contributed by atoms with Crippen molar-refractivity contribution in [3.63, 3.8) is 0 Å². The fourth-order valence-corrected chi connectivity index (χ4v) is 5.34.